The van der Waals surface area contributed by atoms with Gasteiger partial charge in [0.2, 0.25) is 11.8 Å². The van der Waals surface area contributed by atoms with Crippen molar-refractivity contribution in [3.8, 4) is 0 Å². The molecule has 3 rings (SSSR count). The minimum absolute atomic E-state index is 0.109. The lowest BCUT2D eigenvalue weighted by atomic mass is 9.90. The van der Waals surface area contributed by atoms with Crippen LogP contribution in [0.25, 0.3) is 0 Å². The summed E-state index contributed by atoms with van der Waals surface area (Å²) < 4.78 is 5.68. The maximum absolute atomic E-state index is 12.9. The molecule has 3 saturated heterocycles. The maximum atomic E-state index is 12.9. The smallest absolute Gasteiger partial charge is 0.246 e. The van der Waals surface area contributed by atoms with Gasteiger partial charge in [-0.25, -0.2) is 0 Å². The Labute approximate surface area is 126 Å². The van der Waals surface area contributed by atoms with Crippen LogP contribution >= 0.6 is 0 Å². The van der Waals surface area contributed by atoms with Crippen molar-refractivity contribution in [1.29, 1.82) is 0 Å². The predicted octanol–water partition coefficient (Wildman–Crippen LogP) is 1.41. The van der Waals surface area contributed by atoms with E-state index in [2.05, 4.69) is 0 Å². The average molecular weight is 294 g/mol. The lowest BCUT2D eigenvalue weighted by Crippen LogP contribution is -2.67. The molecule has 3 aliphatic rings. The first-order chi connectivity index (χ1) is 10.1. The summed E-state index contributed by atoms with van der Waals surface area (Å²) in [4.78, 5) is 29.4. The number of rotatable bonds is 3. The topological polar surface area (TPSA) is 49.9 Å². The van der Waals surface area contributed by atoms with Crippen molar-refractivity contribution in [3.63, 3.8) is 0 Å². The molecule has 21 heavy (non-hydrogen) atoms. The average Bonchev–Trinajstić information content (AvgIpc) is 2.97. The third-order valence-corrected chi connectivity index (χ3v) is 5.00. The van der Waals surface area contributed by atoms with Gasteiger partial charge >= 0.3 is 0 Å². The number of hydrogen-bond acceptors (Lipinski definition) is 3. The molecule has 3 aliphatic heterocycles. The minimum Gasteiger partial charge on any atom is -0.376 e. The van der Waals surface area contributed by atoms with Crippen LogP contribution in [0.5, 0.6) is 0 Å². The van der Waals surface area contributed by atoms with Crippen molar-refractivity contribution in [1.82, 2.24) is 9.80 Å². The van der Waals surface area contributed by atoms with E-state index in [4.69, 9.17) is 4.74 Å². The Balaban J connectivity index is 1.83. The Morgan fingerprint density at radius 1 is 1.14 bits per heavy atom. The second-order valence-corrected chi connectivity index (χ2v) is 6.86. The molecule has 3 heterocycles. The summed E-state index contributed by atoms with van der Waals surface area (Å²) in [7, 11) is 0. The van der Waals surface area contributed by atoms with E-state index in [-0.39, 0.29) is 35.9 Å². The molecule has 2 amide bonds. The number of piperidine rings is 1. The van der Waals surface area contributed by atoms with Crippen LogP contribution < -0.4 is 0 Å². The molecular weight excluding hydrogens is 268 g/mol. The van der Waals surface area contributed by atoms with Crippen LogP contribution in [0.1, 0.15) is 46.0 Å². The number of carbonyl (C=O) groups is 2. The van der Waals surface area contributed by atoms with Crippen molar-refractivity contribution in [2.75, 3.05) is 19.7 Å². The lowest BCUT2D eigenvalue weighted by Gasteiger charge is -2.48. The zero-order chi connectivity index (χ0) is 15.0. The predicted molar refractivity (Wildman–Crippen MR) is 78.7 cm³/mol. The number of carbonyl (C=O) groups excluding carboxylic acids is 2. The van der Waals surface area contributed by atoms with Gasteiger partial charge in [-0.05, 0) is 38.0 Å². The highest BCUT2D eigenvalue weighted by Gasteiger charge is 2.48. The highest BCUT2D eigenvalue weighted by molar-refractivity contribution is 5.97. The molecule has 0 aliphatic carbocycles. The molecule has 0 aromatic carbocycles. The molecule has 0 N–H and O–H groups in total. The van der Waals surface area contributed by atoms with Gasteiger partial charge < -0.3 is 14.5 Å². The summed E-state index contributed by atoms with van der Waals surface area (Å²) >= 11 is 0. The molecule has 0 radical (unpaired) electrons. The summed E-state index contributed by atoms with van der Waals surface area (Å²) in [5.74, 6) is 0.432. The number of fused-ring (bicyclic) bond motifs is 1. The summed E-state index contributed by atoms with van der Waals surface area (Å²) in [6.45, 7) is 6.16. The zero-order valence-corrected chi connectivity index (χ0v) is 13.1. The molecule has 0 aromatic rings. The van der Waals surface area contributed by atoms with Gasteiger partial charge in [-0.3, -0.25) is 9.59 Å². The molecular formula is C16H26N2O3. The first-order valence-corrected chi connectivity index (χ1v) is 8.32. The second-order valence-electron chi connectivity index (χ2n) is 6.86. The second kappa shape index (κ2) is 5.95. The number of hydrogen-bond donors (Lipinski definition) is 0. The molecule has 5 nitrogen and oxygen atoms in total. The van der Waals surface area contributed by atoms with Crippen LogP contribution in [-0.2, 0) is 14.3 Å². The first kappa shape index (κ1) is 14.8. The van der Waals surface area contributed by atoms with E-state index in [1.165, 1.54) is 0 Å². The SMILES string of the molecule is CC(C)C1C(=O)N2CCCCC2C(=O)N1CC1CCCO1. The number of nitrogens with zero attached hydrogens (tertiary/aromatic N) is 2. The Morgan fingerprint density at radius 2 is 1.95 bits per heavy atom. The van der Waals surface area contributed by atoms with Crippen LogP contribution in [0.15, 0.2) is 0 Å². The van der Waals surface area contributed by atoms with Gasteiger partial charge in [-0.2, -0.15) is 0 Å². The summed E-state index contributed by atoms with van der Waals surface area (Å²) in [5, 5.41) is 0. The standard InChI is InChI=1S/C16H26N2O3/c1-11(2)14-16(20)17-8-4-3-7-13(17)15(19)18(14)10-12-6-5-9-21-12/h11-14H,3-10H2,1-2H3. The molecule has 0 aromatic heterocycles. The fourth-order valence-electron chi connectivity index (χ4n) is 3.94. The van der Waals surface area contributed by atoms with Crippen LogP contribution in [0.2, 0.25) is 0 Å². The third kappa shape index (κ3) is 2.68. The molecule has 3 atom stereocenters. The normalized spacial score (nSPS) is 33.8. The summed E-state index contributed by atoms with van der Waals surface area (Å²) in [6.07, 6.45) is 5.04. The van der Waals surface area contributed by atoms with Gasteiger partial charge in [-0.1, -0.05) is 13.8 Å². The Hall–Kier alpha value is -1.10. The Morgan fingerprint density at radius 3 is 2.62 bits per heavy atom. The van der Waals surface area contributed by atoms with Gasteiger partial charge in [0.1, 0.15) is 12.1 Å². The van der Waals surface area contributed by atoms with E-state index < -0.39 is 0 Å². The van der Waals surface area contributed by atoms with Gasteiger partial charge in [0.15, 0.2) is 0 Å². The van der Waals surface area contributed by atoms with E-state index in [1.807, 2.05) is 23.6 Å². The highest BCUT2D eigenvalue weighted by Crippen LogP contribution is 2.30. The molecule has 0 spiro atoms. The number of amides is 2. The quantitative estimate of drug-likeness (QED) is 0.791. The zero-order valence-electron chi connectivity index (χ0n) is 13.1. The van der Waals surface area contributed by atoms with E-state index in [0.29, 0.717) is 6.54 Å². The van der Waals surface area contributed by atoms with Crippen LogP contribution in [0.4, 0.5) is 0 Å². The molecule has 5 heteroatoms. The molecule has 0 saturated carbocycles. The first-order valence-electron chi connectivity index (χ1n) is 8.32. The number of ether oxygens (including phenoxy) is 1. The Bertz CT molecular complexity index is 418. The van der Waals surface area contributed by atoms with Crippen LogP contribution in [0.3, 0.4) is 0 Å². The number of piperazine rings is 1. The van der Waals surface area contributed by atoms with E-state index >= 15 is 0 Å². The third-order valence-electron chi connectivity index (χ3n) is 5.00. The fraction of sp³-hybridized carbons (Fsp3) is 0.875. The highest BCUT2D eigenvalue weighted by atomic mass is 16.5. The van der Waals surface area contributed by atoms with E-state index in [9.17, 15) is 9.59 Å². The van der Waals surface area contributed by atoms with E-state index in [1.54, 1.807) is 0 Å². The van der Waals surface area contributed by atoms with Crippen LogP contribution in [-0.4, -0.2) is 59.5 Å². The maximum Gasteiger partial charge on any atom is 0.246 e. The monoisotopic (exact) mass is 294 g/mol. The minimum atomic E-state index is -0.309. The van der Waals surface area contributed by atoms with Crippen LogP contribution in [0, 0.1) is 5.92 Å². The van der Waals surface area contributed by atoms with Crippen molar-refractivity contribution >= 4 is 11.8 Å². The Kier molecular flexibility index (Phi) is 4.20. The summed E-state index contributed by atoms with van der Waals surface area (Å²) in [5.41, 5.74) is 0. The van der Waals surface area contributed by atoms with E-state index in [0.717, 1.165) is 45.3 Å². The van der Waals surface area contributed by atoms with Gasteiger partial charge in [0.25, 0.3) is 0 Å². The molecule has 0 bridgehead atoms. The van der Waals surface area contributed by atoms with Gasteiger partial charge in [0.05, 0.1) is 6.10 Å². The van der Waals surface area contributed by atoms with Crippen molar-refractivity contribution in [2.45, 2.75) is 64.1 Å². The van der Waals surface area contributed by atoms with Crippen molar-refractivity contribution < 1.29 is 14.3 Å². The lowest BCUT2D eigenvalue weighted by molar-refractivity contribution is -0.167. The largest absolute Gasteiger partial charge is 0.376 e. The molecule has 3 fully saturated rings. The van der Waals surface area contributed by atoms with Crippen molar-refractivity contribution in [2.24, 2.45) is 5.92 Å². The van der Waals surface area contributed by atoms with Gasteiger partial charge in [-0.15, -0.1) is 0 Å². The summed E-state index contributed by atoms with van der Waals surface area (Å²) in [6, 6.07) is -0.529. The molecule has 118 valence electrons. The molecule has 3 unspecified atom stereocenters. The van der Waals surface area contributed by atoms with Crippen molar-refractivity contribution in [3.05, 3.63) is 0 Å². The van der Waals surface area contributed by atoms with Gasteiger partial charge in [0, 0.05) is 19.7 Å². The fourth-order valence-corrected chi connectivity index (χ4v) is 3.94.